The Kier molecular flexibility index (Phi) is 8.35. The predicted molar refractivity (Wildman–Crippen MR) is 127 cm³/mol. The summed E-state index contributed by atoms with van der Waals surface area (Å²) in [5.74, 6) is 2.84. The van der Waals surface area contributed by atoms with Crippen molar-refractivity contribution in [1.82, 2.24) is 0 Å². The monoisotopic (exact) mass is 466 g/mol. The van der Waals surface area contributed by atoms with E-state index < -0.39 is 10.0 Å². The van der Waals surface area contributed by atoms with Gasteiger partial charge in [-0.05, 0) is 66.3 Å². The van der Waals surface area contributed by atoms with Gasteiger partial charge >= 0.3 is 0 Å². The summed E-state index contributed by atoms with van der Waals surface area (Å²) >= 11 is 3.94. The van der Waals surface area contributed by atoms with Crippen molar-refractivity contribution in [2.45, 2.75) is 24.3 Å². The van der Waals surface area contributed by atoms with Gasteiger partial charge in [0.2, 0.25) is 10.0 Å². The Hall–Kier alpha value is -1.84. The number of carbonyl (C=O) groups is 1. The third-order valence-corrected chi connectivity index (χ3v) is 8.77. The first-order valence-corrected chi connectivity index (χ1v) is 13.6. The maximum Gasteiger partial charge on any atom is 0.262 e. The fourth-order valence-corrected chi connectivity index (χ4v) is 6.90. The molecule has 6 nitrogen and oxygen atoms in total. The van der Waals surface area contributed by atoms with Crippen LogP contribution in [0.25, 0.3) is 0 Å². The van der Waals surface area contributed by atoms with E-state index >= 15 is 0 Å². The van der Waals surface area contributed by atoms with Gasteiger partial charge in [-0.3, -0.25) is 9.52 Å². The summed E-state index contributed by atoms with van der Waals surface area (Å²) in [6.07, 6.45) is 1.81. The minimum absolute atomic E-state index is 0.0716. The van der Waals surface area contributed by atoms with Gasteiger partial charge in [0.15, 0.2) is 6.61 Å². The maximum atomic E-state index is 12.1. The van der Waals surface area contributed by atoms with Gasteiger partial charge in [0.05, 0.1) is 10.3 Å². The number of nitrogens with one attached hydrogen (secondary N) is 2. The van der Waals surface area contributed by atoms with E-state index in [0.717, 1.165) is 0 Å². The second kappa shape index (κ2) is 11.0. The zero-order valence-electron chi connectivity index (χ0n) is 16.8. The quantitative estimate of drug-likeness (QED) is 0.556. The van der Waals surface area contributed by atoms with E-state index in [1.807, 2.05) is 42.6 Å². The molecule has 0 bridgehead atoms. The number of carbonyl (C=O) groups excluding carboxylic acids is 1. The standard InChI is InChI=1S/C21H26N2O4S3/c1-2-14-30(25,26)23-18-8-6-17(7-9-18)22-20(24)15-27-19-10-4-16(5-11-19)21-28-12-3-13-29-21/h4-11,21,23H,2-3,12-15H2,1H3,(H,22,24). The molecule has 1 aliphatic heterocycles. The van der Waals surface area contributed by atoms with Crippen LogP contribution in [0.5, 0.6) is 5.75 Å². The lowest BCUT2D eigenvalue weighted by atomic mass is 10.2. The molecule has 30 heavy (non-hydrogen) atoms. The number of amides is 1. The van der Waals surface area contributed by atoms with Gasteiger partial charge in [0.1, 0.15) is 5.75 Å². The Bertz CT molecular complexity index is 926. The lowest BCUT2D eigenvalue weighted by Gasteiger charge is -2.21. The number of thioether (sulfide) groups is 2. The fourth-order valence-electron chi connectivity index (χ4n) is 2.87. The second-order valence-corrected chi connectivity index (χ2v) is 11.4. The molecule has 1 saturated heterocycles. The lowest BCUT2D eigenvalue weighted by Crippen LogP contribution is -2.20. The van der Waals surface area contributed by atoms with E-state index in [-0.39, 0.29) is 18.3 Å². The highest BCUT2D eigenvalue weighted by Gasteiger charge is 2.16. The summed E-state index contributed by atoms with van der Waals surface area (Å²) < 4.78 is 32.2. The molecular formula is C21H26N2O4S3. The molecule has 0 unspecified atom stereocenters. The van der Waals surface area contributed by atoms with Crippen LogP contribution in [-0.2, 0) is 14.8 Å². The molecule has 1 heterocycles. The predicted octanol–water partition coefficient (Wildman–Crippen LogP) is 4.72. The van der Waals surface area contributed by atoms with Crippen LogP contribution in [0.4, 0.5) is 11.4 Å². The third kappa shape index (κ3) is 7.14. The molecule has 2 N–H and O–H groups in total. The fraction of sp³-hybridized carbons (Fsp3) is 0.381. The van der Waals surface area contributed by atoms with Crippen molar-refractivity contribution in [1.29, 1.82) is 0 Å². The van der Waals surface area contributed by atoms with Crippen molar-refractivity contribution in [3.05, 3.63) is 54.1 Å². The zero-order chi connectivity index (χ0) is 21.4. The molecule has 1 aliphatic rings. The van der Waals surface area contributed by atoms with Crippen LogP contribution in [0.3, 0.4) is 0 Å². The van der Waals surface area contributed by atoms with Crippen LogP contribution >= 0.6 is 23.5 Å². The molecule has 0 aliphatic carbocycles. The summed E-state index contributed by atoms with van der Waals surface area (Å²) in [6, 6.07) is 14.4. The van der Waals surface area contributed by atoms with E-state index in [4.69, 9.17) is 4.74 Å². The van der Waals surface area contributed by atoms with Crippen LogP contribution < -0.4 is 14.8 Å². The van der Waals surface area contributed by atoms with Crippen LogP contribution in [0, 0.1) is 0 Å². The summed E-state index contributed by atoms with van der Waals surface area (Å²) in [7, 11) is -3.33. The van der Waals surface area contributed by atoms with Crippen LogP contribution in [0.15, 0.2) is 48.5 Å². The molecule has 1 amide bonds. The SMILES string of the molecule is CCCS(=O)(=O)Nc1ccc(NC(=O)COc2ccc(C3SCCCS3)cc2)cc1. The molecule has 0 atom stereocenters. The highest BCUT2D eigenvalue weighted by molar-refractivity contribution is 8.16. The summed E-state index contributed by atoms with van der Waals surface area (Å²) in [6.45, 7) is 1.71. The highest BCUT2D eigenvalue weighted by atomic mass is 32.2. The molecule has 1 fully saturated rings. The number of anilines is 2. The van der Waals surface area contributed by atoms with Crippen molar-refractivity contribution in [3.8, 4) is 5.75 Å². The highest BCUT2D eigenvalue weighted by Crippen LogP contribution is 2.43. The van der Waals surface area contributed by atoms with Crippen LogP contribution in [0.2, 0.25) is 0 Å². The Balaban J connectivity index is 1.46. The average molecular weight is 467 g/mol. The zero-order valence-corrected chi connectivity index (χ0v) is 19.2. The summed E-state index contributed by atoms with van der Waals surface area (Å²) in [5.41, 5.74) is 2.31. The van der Waals surface area contributed by atoms with Crippen molar-refractivity contribution in [2.24, 2.45) is 0 Å². The molecule has 162 valence electrons. The first-order valence-electron chi connectivity index (χ1n) is 9.81. The maximum absolute atomic E-state index is 12.1. The topological polar surface area (TPSA) is 84.5 Å². The largest absolute Gasteiger partial charge is 0.484 e. The smallest absolute Gasteiger partial charge is 0.262 e. The summed E-state index contributed by atoms with van der Waals surface area (Å²) in [5, 5.41) is 2.74. The van der Waals surface area contributed by atoms with Gasteiger partial charge in [-0.15, -0.1) is 23.5 Å². The van der Waals surface area contributed by atoms with E-state index in [0.29, 0.717) is 28.1 Å². The van der Waals surface area contributed by atoms with Gasteiger partial charge < -0.3 is 10.1 Å². The lowest BCUT2D eigenvalue weighted by molar-refractivity contribution is -0.118. The Labute approximate surface area is 186 Å². The number of hydrogen-bond donors (Lipinski definition) is 2. The minimum atomic E-state index is -3.33. The van der Waals surface area contributed by atoms with Crippen molar-refractivity contribution in [3.63, 3.8) is 0 Å². The third-order valence-electron chi connectivity index (χ3n) is 4.26. The van der Waals surface area contributed by atoms with Gasteiger partial charge in [0.25, 0.3) is 5.91 Å². The molecule has 3 rings (SSSR count). The number of hydrogen-bond acceptors (Lipinski definition) is 6. The first-order chi connectivity index (χ1) is 14.4. The van der Waals surface area contributed by atoms with E-state index in [1.165, 1.54) is 23.5 Å². The molecule has 0 spiro atoms. The van der Waals surface area contributed by atoms with E-state index in [9.17, 15) is 13.2 Å². The molecule has 0 radical (unpaired) electrons. The van der Waals surface area contributed by atoms with Crippen LogP contribution in [-0.4, -0.2) is 38.2 Å². The Morgan fingerprint density at radius 3 is 2.30 bits per heavy atom. The molecular weight excluding hydrogens is 440 g/mol. The van der Waals surface area contributed by atoms with Crippen molar-refractivity contribution in [2.75, 3.05) is 33.9 Å². The molecule has 2 aromatic carbocycles. The van der Waals surface area contributed by atoms with E-state index in [2.05, 4.69) is 22.2 Å². The van der Waals surface area contributed by atoms with Gasteiger partial charge in [-0.25, -0.2) is 8.42 Å². The van der Waals surface area contributed by atoms with Crippen molar-refractivity contribution < 1.29 is 17.9 Å². The molecule has 2 aromatic rings. The number of sulfonamides is 1. The Morgan fingerprint density at radius 2 is 1.67 bits per heavy atom. The average Bonchev–Trinajstić information content (AvgIpc) is 2.74. The number of rotatable bonds is 9. The number of ether oxygens (including phenoxy) is 1. The van der Waals surface area contributed by atoms with Crippen molar-refractivity contribution >= 4 is 50.8 Å². The first kappa shape index (κ1) is 22.8. The van der Waals surface area contributed by atoms with Gasteiger partial charge in [-0.1, -0.05) is 19.1 Å². The minimum Gasteiger partial charge on any atom is -0.484 e. The molecule has 9 heteroatoms. The molecule has 0 aromatic heterocycles. The van der Waals surface area contributed by atoms with Gasteiger partial charge in [0, 0.05) is 11.4 Å². The normalized spacial score (nSPS) is 14.8. The van der Waals surface area contributed by atoms with Gasteiger partial charge in [-0.2, -0.15) is 0 Å². The second-order valence-electron chi connectivity index (χ2n) is 6.83. The van der Waals surface area contributed by atoms with Crippen LogP contribution in [0.1, 0.15) is 29.9 Å². The summed E-state index contributed by atoms with van der Waals surface area (Å²) in [4.78, 5) is 12.1. The molecule has 0 saturated carbocycles. The van der Waals surface area contributed by atoms with E-state index in [1.54, 1.807) is 24.3 Å². The Morgan fingerprint density at radius 1 is 1.03 bits per heavy atom. The number of benzene rings is 2.